The number of benzene rings is 1. The Balaban J connectivity index is 2.45. The van der Waals surface area contributed by atoms with Crippen LogP contribution in [0.4, 0.5) is 0 Å². The first-order chi connectivity index (χ1) is 10.2. The smallest absolute Gasteiger partial charge is 0.165 e. The van der Waals surface area contributed by atoms with Crippen LogP contribution in [0.25, 0.3) is 0 Å². The molecule has 0 aliphatic carbocycles. The Labute approximate surface area is 125 Å². The SMILES string of the molecule is CCCNC(c1cnn(C)c1)c1cccc(OC)c1OC. The van der Waals surface area contributed by atoms with Crippen molar-refractivity contribution in [2.45, 2.75) is 19.4 Å². The molecule has 2 rings (SSSR count). The Morgan fingerprint density at radius 2 is 2.10 bits per heavy atom. The maximum absolute atomic E-state index is 5.56. The number of rotatable bonds is 7. The van der Waals surface area contributed by atoms with Gasteiger partial charge in [-0.2, -0.15) is 5.10 Å². The van der Waals surface area contributed by atoms with Crippen LogP contribution >= 0.6 is 0 Å². The molecule has 0 saturated carbocycles. The van der Waals surface area contributed by atoms with Crippen LogP contribution < -0.4 is 14.8 Å². The predicted molar refractivity (Wildman–Crippen MR) is 82.9 cm³/mol. The van der Waals surface area contributed by atoms with Gasteiger partial charge in [-0.3, -0.25) is 4.68 Å². The lowest BCUT2D eigenvalue weighted by Crippen LogP contribution is -2.23. The van der Waals surface area contributed by atoms with E-state index in [0.29, 0.717) is 0 Å². The first-order valence-corrected chi connectivity index (χ1v) is 7.14. The summed E-state index contributed by atoms with van der Waals surface area (Å²) in [6.07, 6.45) is 4.96. The highest BCUT2D eigenvalue weighted by atomic mass is 16.5. The molecule has 0 aliphatic rings. The van der Waals surface area contributed by atoms with Gasteiger partial charge in [0.2, 0.25) is 0 Å². The van der Waals surface area contributed by atoms with Crippen molar-refractivity contribution in [1.82, 2.24) is 15.1 Å². The zero-order valence-corrected chi connectivity index (χ0v) is 13.1. The van der Waals surface area contributed by atoms with Gasteiger partial charge in [0, 0.05) is 24.4 Å². The van der Waals surface area contributed by atoms with Gasteiger partial charge in [0.25, 0.3) is 0 Å². The molecule has 21 heavy (non-hydrogen) atoms. The van der Waals surface area contributed by atoms with Gasteiger partial charge in [-0.15, -0.1) is 0 Å². The maximum Gasteiger partial charge on any atom is 0.165 e. The van der Waals surface area contributed by atoms with Gasteiger partial charge in [0.1, 0.15) is 0 Å². The molecular formula is C16H23N3O2. The normalized spacial score (nSPS) is 12.2. The Morgan fingerprint density at radius 1 is 1.29 bits per heavy atom. The van der Waals surface area contributed by atoms with Crippen molar-refractivity contribution in [1.29, 1.82) is 0 Å². The van der Waals surface area contributed by atoms with Crippen LogP contribution in [0.5, 0.6) is 11.5 Å². The molecule has 1 aromatic carbocycles. The van der Waals surface area contributed by atoms with E-state index >= 15 is 0 Å². The standard InChI is InChI=1S/C16H23N3O2/c1-5-9-17-15(12-10-18-19(2)11-12)13-7-6-8-14(20-3)16(13)21-4/h6-8,10-11,15,17H,5,9H2,1-4H3. The second-order valence-electron chi connectivity index (χ2n) is 4.92. The highest BCUT2D eigenvalue weighted by Gasteiger charge is 2.21. The molecule has 0 saturated heterocycles. The van der Waals surface area contributed by atoms with Crippen LogP contribution in [0.15, 0.2) is 30.6 Å². The minimum atomic E-state index is 0.0312. The monoisotopic (exact) mass is 289 g/mol. The number of nitrogens with zero attached hydrogens (tertiary/aromatic N) is 2. The molecule has 5 heteroatoms. The first-order valence-electron chi connectivity index (χ1n) is 7.14. The van der Waals surface area contributed by atoms with Gasteiger partial charge in [0.15, 0.2) is 11.5 Å². The third kappa shape index (κ3) is 3.36. The number of para-hydroxylation sites is 1. The highest BCUT2D eigenvalue weighted by Crippen LogP contribution is 2.36. The van der Waals surface area contributed by atoms with Gasteiger partial charge in [0.05, 0.1) is 26.5 Å². The Morgan fingerprint density at radius 3 is 2.67 bits per heavy atom. The van der Waals surface area contributed by atoms with Gasteiger partial charge >= 0.3 is 0 Å². The van der Waals surface area contributed by atoms with E-state index in [2.05, 4.69) is 23.4 Å². The molecule has 1 atom stereocenters. The number of ether oxygens (including phenoxy) is 2. The third-order valence-corrected chi connectivity index (χ3v) is 3.40. The van der Waals surface area contributed by atoms with E-state index in [1.807, 2.05) is 36.3 Å². The average molecular weight is 289 g/mol. The second-order valence-corrected chi connectivity index (χ2v) is 4.92. The molecule has 0 radical (unpaired) electrons. The van der Waals surface area contributed by atoms with Crippen molar-refractivity contribution in [3.8, 4) is 11.5 Å². The van der Waals surface area contributed by atoms with Crippen molar-refractivity contribution in [3.05, 3.63) is 41.7 Å². The quantitative estimate of drug-likeness (QED) is 0.851. The summed E-state index contributed by atoms with van der Waals surface area (Å²) in [6.45, 7) is 3.07. The molecule has 1 N–H and O–H groups in total. The molecule has 1 aromatic heterocycles. The topological polar surface area (TPSA) is 48.3 Å². The summed E-state index contributed by atoms with van der Waals surface area (Å²) in [5.74, 6) is 1.50. The number of aromatic nitrogens is 2. The van der Waals surface area contributed by atoms with Crippen molar-refractivity contribution >= 4 is 0 Å². The van der Waals surface area contributed by atoms with Crippen molar-refractivity contribution in [3.63, 3.8) is 0 Å². The van der Waals surface area contributed by atoms with E-state index in [0.717, 1.165) is 35.6 Å². The van der Waals surface area contributed by atoms with Gasteiger partial charge in [-0.1, -0.05) is 19.1 Å². The second kappa shape index (κ2) is 7.13. The molecule has 0 amide bonds. The molecule has 1 unspecified atom stereocenters. The molecule has 1 heterocycles. The fourth-order valence-corrected chi connectivity index (χ4v) is 2.42. The minimum Gasteiger partial charge on any atom is -0.493 e. The molecule has 0 bridgehead atoms. The van der Waals surface area contributed by atoms with Gasteiger partial charge < -0.3 is 14.8 Å². The predicted octanol–water partition coefficient (Wildman–Crippen LogP) is 2.53. The van der Waals surface area contributed by atoms with E-state index in [1.165, 1.54) is 0 Å². The summed E-state index contributed by atoms with van der Waals surface area (Å²) < 4.78 is 12.8. The zero-order valence-electron chi connectivity index (χ0n) is 13.1. The Hall–Kier alpha value is -2.01. The molecular weight excluding hydrogens is 266 g/mol. The maximum atomic E-state index is 5.56. The first kappa shape index (κ1) is 15.4. The van der Waals surface area contributed by atoms with Crippen molar-refractivity contribution in [2.75, 3.05) is 20.8 Å². The molecule has 0 aliphatic heterocycles. The van der Waals surface area contributed by atoms with E-state index in [4.69, 9.17) is 9.47 Å². The van der Waals surface area contributed by atoms with Crippen LogP contribution in [0.3, 0.4) is 0 Å². The Bertz CT molecular complexity index is 581. The average Bonchev–Trinajstić information content (AvgIpc) is 2.93. The summed E-state index contributed by atoms with van der Waals surface area (Å²) >= 11 is 0. The summed E-state index contributed by atoms with van der Waals surface area (Å²) in [5, 5.41) is 7.83. The van der Waals surface area contributed by atoms with E-state index in [9.17, 15) is 0 Å². The van der Waals surface area contributed by atoms with Crippen LogP contribution in [0, 0.1) is 0 Å². The highest BCUT2D eigenvalue weighted by molar-refractivity contribution is 5.50. The molecule has 5 nitrogen and oxygen atoms in total. The van der Waals surface area contributed by atoms with E-state index in [-0.39, 0.29) is 6.04 Å². The summed E-state index contributed by atoms with van der Waals surface area (Å²) in [5.41, 5.74) is 2.16. The lowest BCUT2D eigenvalue weighted by atomic mass is 10.00. The van der Waals surface area contributed by atoms with Crippen LogP contribution in [-0.4, -0.2) is 30.5 Å². The van der Waals surface area contributed by atoms with Crippen LogP contribution in [-0.2, 0) is 7.05 Å². The summed E-state index contributed by atoms with van der Waals surface area (Å²) in [7, 11) is 5.24. The fourth-order valence-electron chi connectivity index (χ4n) is 2.42. The lowest BCUT2D eigenvalue weighted by Gasteiger charge is -2.21. The molecule has 0 fully saturated rings. The van der Waals surface area contributed by atoms with Gasteiger partial charge in [-0.25, -0.2) is 0 Å². The van der Waals surface area contributed by atoms with Crippen LogP contribution in [0.2, 0.25) is 0 Å². The number of aryl methyl sites for hydroxylation is 1. The number of hydrogen-bond acceptors (Lipinski definition) is 4. The van der Waals surface area contributed by atoms with Crippen molar-refractivity contribution in [2.24, 2.45) is 7.05 Å². The minimum absolute atomic E-state index is 0.0312. The van der Waals surface area contributed by atoms with E-state index in [1.54, 1.807) is 14.2 Å². The molecule has 0 spiro atoms. The number of hydrogen-bond donors (Lipinski definition) is 1. The van der Waals surface area contributed by atoms with Gasteiger partial charge in [-0.05, 0) is 19.0 Å². The third-order valence-electron chi connectivity index (χ3n) is 3.40. The number of nitrogens with one attached hydrogen (secondary N) is 1. The molecule has 2 aromatic rings. The summed E-state index contributed by atoms with van der Waals surface area (Å²) in [6, 6.07) is 5.97. The zero-order chi connectivity index (χ0) is 15.2. The largest absolute Gasteiger partial charge is 0.493 e. The van der Waals surface area contributed by atoms with Crippen molar-refractivity contribution < 1.29 is 9.47 Å². The lowest BCUT2D eigenvalue weighted by molar-refractivity contribution is 0.348. The number of methoxy groups -OCH3 is 2. The van der Waals surface area contributed by atoms with E-state index < -0.39 is 0 Å². The summed E-state index contributed by atoms with van der Waals surface area (Å²) in [4.78, 5) is 0. The Kier molecular flexibility index (Phi) is 5.22. The van der Waals surface area contributed by atoms with Crippen LogP contribution in [0.1, 0.15) is 30.5 Å². The molecule has 114 valence electrons. The fraction of sp³-hybridized carbons (Fsp3) is 0.438.